The summed E-state index contributed by atoms with van der Waals surface area (Å²) in [5.41, 5.74) is 1.20. The van der Waals surface area contributed by atoms with E-state index in [9.17, 15) is 4.79 Å². The summed E-state index contributed by atoms with van der Waals surface area (Å²) in [5.74, 6) is -0.813. The Morgan fingerprint density at radius 3 is 2.86 bits per heavy atom. The highest BCUT2D eigenvalue weighted by molar-refractivity contribution is 7.99. The van der Waals surface area contributed by atoms with Crippen LogP contribution in [0.2, 0.25) is 0 Å². The molecule has 0 aliphatic rings. The normalized spacial score (nSPS) is 10.9. The van der Waals surface area contributed by atoms with Crippen molar-refractivity contribution in [2.75, 3.05) is 5.75 Å². The number of carboxylic acid groups (broad SMARTS) is 1. The zero-order valence-electron chi connectivity index (χ0n) is 11.3. The van der Waals surface area contributed by atoms with E-state index in [-0.39, 0.29) is 5.75 Å². The lowest BCUT2D eigenvalue weighted by Crippen LogP contribution is -2.04. The zero-order valence-corrected chi connectivity index (χ0v) is 12.1. The third-order valence-corrected chi connectivity index (χ3v) is 4.21. The molecule has 0 saturated heterocycles. The molecule has 1 heterocycles. The molecule has 0 spiro atoms. The van der Waals surface area contributed by atoms with Crippen molar-refractivity contribution in [1.29, 1.82) is 0 Å². The first kappa shape index (κ1) is 13.7. The Morgan fingerprint density at radius 1 is 1.19 bits per heavy atom. The first-order chi connectivity index (χ1) is 10.2. The number of hydrogen-bond acceptors (Lipinski definition) is 3. The highest BCUT2D eigenvalue weighted by atomic mass is 32.2. The molecular weight excluding hydrogens is 284 g/mol. The number of hydrogen-bond donors (Lipinski definition) is 1. The van der Waals surface area contributed by atoms with Crippen LogP contribution in [-0.2, 0) is 11.3 Å². The molecule has 0 saturated carbocycles. The van der Waals surface area contributed by atoms with E-state index in [1.165, 1.54) is 28.1 Å². The summed E-state index contributed by atoms with van der Waals surface area (Å²) in [6.45, 7) is 0.684. The predicted molar refractivity (Wildman–Crippen MR) is 83.6 cm³/mol. The van der Waals surface area contributed by atoms with Crippen LogP contribution in [0.5, 0.6) is 0 Å². The lowest BCUT2D eigenvalue weighted by Gasteiger charge is -2.09. The maximum absolute atomic E-state index is 10.7. The van der Waals surface area contributed by atoms with E-state index < -0.39 is 5.97 Å². The van der Waals surface area contributed by atoms with Crippen LogP contribution in [0.25, 0.3) is 10.8 Å². The van der Waals surface area contributed by atoms with Gasteiger partial charge in [0.1, 0.15) is 0 Å². The molecule has 1 aromatic heterocycles. The average Bonchev–Trinajstić information content (AvgIpc) is 2.93. The topological polar surface area (TPSA) is 55.1 Å². The molecule has 3 aromatic rings. The monoisotopic (exact) mass is 298 g/mol. The molecule has 0 bridgehead atoms. The average molecular weight is 298 g/mol. The van der Waals surface area contributed by atoms with Crippen molar-refractivity contribution in [3.05, 3.63) is 60.4 Å². The number of nitrogens with zero attached hydrogens (tertiary/aromatic N) is 2. The Labute approximate surface area is 126 Å². The molecule has 0 radical (unpaired) electrons. The summed E-state index contributed by atoms with van der Waals surface area (Å²) in [4.78, 5) is 14.9. The molecule has 2 aromatic carbocycles. The van der Waals surface area contributed by atoms with Gasteiger partial charge in [-0.25, -0.2) is 4.98 Å². The highest BCUT2D eigenvalue weighted by Crippen LogP contribution is 2.22. The van der Waals surface area contributed by atoms with Crippen LogP contribution in [0, 0.1) is 0 Å². The summed E-state index contributed by atoms with van der Waals surface area (Å²) in [6.07, 6.45) is 3.58. The van der Waals surface area contributed by atoms with Gasteiger partial charge in [-0.2, -0.15) is 0 Å². The van der Waals surface area contributed by atoms with Crippen molar-refractivity contribution in [3.8, 4) is 0 Å². The van der Waals surface area contributed by atoms with Gasteiger partial charge in [0, 0.05) is 12.4 Å². The Hall–Kier alpha value is -2.27. The second-order valence-corrected chi connectivity index (χ2v) is 5.60. The van der Waals surface area contributed by atoms with Gasteiger partial charge in [0.25, 0.3) is 0 Å². The lowest BCUT2D eigenvalue weighted by atomic mass is 10.0. The molecule has 0 fully saturated rings. The summed E-state index contributed by atoms with van der Waals surface area (Å²) >= 11 is 1.24. The third kappa shape index (κ3) is 3.08. The molecule has 0 aliphatic carbocycles. The first-order valence-corrected chi connectivity index (χ1v) is 7.55. The van der Waals surface area contributed by atoms with E-state index in [2.05, 4.69) is 29.2 Å². The van der Waals surface area contributed by atoms with Crippen LogP contribution in [-0.4, -0.2) is 26.4 Å². The van der Waals surface area contributed by atoms with Crippen LogP contribution in [0.4, 0.5) is 0 Å². The summed E-state index contributed by atoms with van der Waals surface area (Å²) in [6, 6.07) is 14.5. The molecule has 0 amide bonds. The van der Waals surface area contributed by atoms with E-state index in [0.717, 1.165) is 5.16 Å². The maximum Gasteiger partial charge on any atom is 0.313 e. The van der Waals surface area contributed by atoms with Crippen LogP contribution >= 0.6 is 11.8 Å². The number of imidazole rings is 1. The predicted octanol–water partition coefficient (Wildman–Crippen LogP) is 3.26. The Morgan fingerprint density at radius 2 is 2.00 bits per heavy atom. The van der Waals surface area contributed by atoms with Gasteiger partial charge in [-0.1, -0.05) is 54.2 Å². The van der Waals surface area contributed by atoms with Gasteiger partial charge in [-0.05, 0) is 16.3 Å². The number of benzene rings is 2. The second kappa shape index (κ2) is 6.01. The Bertz CT molecular complexity index is 777. The Kier molecular flexibility index (Phi) is 3.92. The smallest absolute Gasteiger partial charge is 0.313 e. The Balaban J connectivity index is 1.89. The number of thioether (sulfide) groups is 1. The SMILES string of the molecule is O=C(O)CSc1nccn1Cc1cccc2ccccc12. The zero-order chi connectivity index (χ0) is 14.7. The van der Waals surface area contributed by atoms with E-state index in [4.69, 9.17) is 5.11 Å². The minimum atomic E-state index is -0.834. The first-order valence-electron chi connectivity index (χ1n) is 6.56. The van der Waals surface area contributed by atoms with Crippen molar-refractivity contribution in [2.45, 2.75) is 11.7 Å². The fourth-order valence-electron chi connectivity index (χ4n) is 2.30. The number of aliphatic carboxylic acids is 1. The van der Waals surface area contributed by atoms with E-state index in [0.29, 0.717) is 6.54 Å². The molecule has 106 valence electrons. The van der Waals surface area contributed by atoms with E-state index in [1.54, 1.807) is 6.20 Å². The van der Waals surface area contributed by atoms with Gasteiger partial charge in [0.15, 0.2) is 5.16 Å². The largest absolute Gasteiger partial charge is 0.481 e. The van der Waals surface area contributed by atoms with Crippen molar-refractivity contribution in [2.24, 2.45) is 0 Å². The third-order valence-electron chi connectivity index (χ3n) is 3.22. The molecule has 1 N–H and O–H groups in total. The standard InChI is InChI=1S/C16H14N2O2S/c19-15(20)11-21-16-17-8-9-18(16)10-13-6-3-5-12-4-1-2-7-14(12)13/h1-9H,10-11H2,(H,19,20). The van der Waals surface area contributed by atoms with Crippen molar-refractivity contribution < 1.29 is 9.90 Å². The summed E-state index contributed by atoms with van der Waals surface area (Å²) < 4.78 is 1.98. The minimum Gasteiger partial charge on any atom is -0.481 e. The van der Waals surface area contributed by atoms with Gasteiger partial charge in [-0.3, -0.25) is 4.79 Å². The van der Waals surface area contributed by atoms with Crippen LogP contribution in [0.15, 0.2) is 60.0 Å². The van der Waals surface area contributed by atoms with Gasteiger partial charge < -0.3 is 9.67 Å². The molecule has 4 nitrogen and oxygen atoms in total. The number of fused-ring (bicyclic) bond motifs is 1. The number of aromatic nitrogens is 2. The second-order valence-electron chi connectivity index (χ2n) is 4.66. The summed E-state index contributed by atoms with van der Waals surface area (Å²) in [7, 11) is 0. The molecule has 3 rings (SSSR count). The lowest BCUT2D eigenvalue weighted by molar-refractivity contribution is -0.133. The minimum absolute atomic E-state index is 0.0204. The van der Waals surface area contributed by atoms with Gasteiger partial charge in [-0.15, -0.1) is 0 Å². The molecule has 5 heteroatoms. The number of rotatable bonds is 5. The van der Waals surface area contributed by atoms with Gasteiger partial charge >= 0.3 is 5.97 Å². The van der Waals surface area contributed by atoms with Crippen molar-refractivity contribution >= 4 is 28.5 Å². The van der Waals surface area contributed by atoms with Crippen LogP contribution in [0.1, 0.15) is 5.56 Å². The quantitative estimate of drug-likeness (QED) is 0.735. The molecular formula is C16H14N2O2S. The van der Waals surface area contributed by atoms with E-state index >= 15 is 0 Å². The molecule has 0 aliphatic heterocycles. The van der Waals surface area contributed by atoms with E-state index in [1.807, 2.05) is 29.0 Å². The molecule has 21 heavy (non-hydrogen) atoms. The van der Waals surface area contributed by atoms with Crippen molar-refractivity contribution in [1.82, 2.24) is 9.55 Å². The molecule has 0 unspecified atom stereocenters. The highest BCUT2D eigenvalue weighted by Gasteiger charge is 2.08. The van der Waals surface area contributed by atoms with Crippen LogP contribution < -0.4 is 0 Å². The van der Waals surface area contributed by atoms with Crippen molar-refractivity contribution in [3.63, 3.8) is 0 Å². The fourth-order valence-corrected chi connectivity index (χ4v) is 2.98. The number of carbonyl (C=O) groups is 1. The maximum atomic E-state index is 10.7. The summed E-state index contributed by atoms with van der Waals surface area (Å²) in [5, 5.41) is 11.9. The van der Waals surface area contributed by atoms with Gasteiger partial charge in [0.2, 0.25) is 0 Å². The fraction of sp³-hybridized carbons (Fsp3) is 0.125. The van der Waals surface area contributed by atoms with Crippen LogP contribution in [0.3, 0.4) is 0 Å². The molecule has 0 atom stereocenters. The number of carboxylic acids is 1. The van der Waals surface area contributed by atoms with Gasteiger partial charge in [0.05, 0.1) is 12.3 Å².